The number of hydrogen-bond donors (Lipinski definition) is 2. The van der Waals surface area contributed by atoms with Crippen LogP contribution in [0.25, 0.3) is 11.1 Å². The molecule has 0 aliphatic heterocycles. The number of nitrogens with zero attached hydrogens (tertiary/aromatic N) is 2. The van der Waals surface area contributed by atoms with E-state index in [0.29, 0.717) is 35.2 Å². The van der Waals surface area contributed by atoms with Gasteiger partial charge in [-0.2, -0.15) is 0 Å². The maximum absolute atomic E-state index is 13.0. The number of fused-ring (bicyclic) bond motifs is 1. The second-order valence-electron chi connectivity index (χ2n) is 7.21. The molecule has 2 aromatic heterocycles. The fraction of sp³-hybridized carbons (Fsp3) is 0.556. The van der Waals surface area contributed by atoms with Crippen LogP contribution in [0.4, 0.5) is 0 Å². The Balaban J connectivity index is 2.01. The quantitative estimate of drug-likeness (QED) is 0.862. The maximum atomic E-state index is 13.0. The first kappa shape index (κ1) is 17.4. The van der Waals surface area contributed by atoms with Crippen LogP contribution >= 0.6 is 0 Å². The number of rotatable bonds is 5. The van der Waals surface area contributed by atoms with Crippen molar-refractivity contribution in [1.29, 1.82) is 0 Å². The number of pyridine rings is 1. The largest absolute Gasteiger partial charge is 0.481 e. The van der Waals surface area contributed by atoms with Crippen molar-refractivity contribution in [2.75, 3.05) is 0 Å². The SMILES string of the molecule is Cc1noc2nc(C(C)C)cc(C(=O)NC3(CC(=O)O)CCCC3)c12. The van der Waals surface area contributed by atoms with Crippen molar-refractivity contribution < 1.29 is 19.2 Å². The lowest BCUT2D eigenvalue weighted by atomic mass is 9.92. The summed E-state index contributed by atoms with van der Waals surface area (Å²) in [4.78, 5) is 28.7. The minimum absolute atomic E-state index is 0.0629. The van der Waals surface area contributed by atoms with E-state index in [-0.39, 0.29) is 18.2 Å². The van der Waals surface area contributed by atoms with Gasteiger partial charge in [-0.3, -0.25) is 9.59 Å². The van der Waals surface area contributed by atoms with Gasteiger partial charge in [-0.25, -0.2) is 4.98 Å². The number of aliphatic carboxylic acids is 1. The molecule has 1 fully saturated rings. The van der Waals surface area contributed by atoms with Crippen molar-refractivity contribution in [2.45, 2.75) is 64.3 Å². The Hall–Kier alpha value is -2.44. The molecule has 1 saturated carbocycles. The number of aromatic nitrogens is 2. The van der Waals surface area contributed by atoms with Crippen molar-refractivity contribution in [3.05, 3.63) is 23.0 Å². The van der Waals surface area contributed by atoms with Gasteiger partial charge in [-0.1, -0.05) is 31.8 Å². The van der Waals surface area contributed by atoms with Crippen LogP contribution in [0.1, 0.15) is 73.6 Å². The third-order valence-corrected chi connectivity index (χ3v) is 4.90. The van der Waals surface area contributed by atoms with Crippen molar-refractivity contribution in [3.63, 3.8) is 0 Å². The third-order valence-electron chi connectivity index (χ3n) is 4.90. The van der Waals surface area contributed by atoms with Gasteiger partial charge in [0.25, 0.3) is 11.6 Å². The molecule has 2 aromatic rings. The highest BCUT2D eigenvalue weighted by molar-refractivity contribution is 6.06. The molecule has 0 aromatic carbocycles. The monoisotopic (exact) mass is 345 g/mol. The summed E-state index contributed by atoms with van der Waals surface area (Å²) in [6.07, 6.45) is 3.14. The molecule has 0 spiro atoms. The zero-order valence-electron chi connectivity index (χ0n) is 14.8. The van der Waals surface area contributed by atoms with Gasteiger partial charge >= 0.3 is 5.97 Å². The van der Waals surface area contributed by atoms with Gasteiger partial charge in [0.2, 0.25) is 0 Å². The number of carbonyl (C=O) groups is 2. The van der Waals surface area contributed by atoms with Gasteiger partial charge in [0.15, 0.2) is 0 Å². The molecule has 3 rings (SSSR count). The number of carboxylic acids is 1. The molecule has 134 valence electrons. The lowest BCUT2D eigenvalue weighted by Crippen LogP contribution is -2.47. The predicted octanol–water partition coefficient (Wildman–Crippen LogP) is 3.17. The number of hydrogen-bond acceptors (Lipinski definition) is 5. The molecule has 25 heavy (non-hydrogen) atoms. The lowest BCUT2D eigenvalue weighted by molar-refractivity contribution is -0.138. The van der Waals surface area contributed by atoms with Crippen LogP contribution in [0.2, 0.25) is 0 Å². The predicted molar refractivity (Wildman–Crippen MR) is 91.5 cm³/mol. The van der Waals surface area contributed by atoms with Crippen LogP contribution in [0, 0.1) is 6.92 Å². The second-order valence-corrected chi connectivity index (χ2v) is 7.21. The van der Waals surface area contributed by atoms with Gasteiger partial charge in [-0.15, -0.1) is 0 Å². The smallest absolute Gasteiger partial charge is 0.305 e. The summed E-state index contributed by atoms with van der Waals surface area (Å²) in [6, 6.07) is 1.76. The standard InChI is InChI=1S/C18H23N3O4/c1-10(2)13-8-12(15-11(3)21-25-17(15)19-13)16(24)20-18(9-14(22)23)6-4-5-7-18/h8,10H,4-7,9H2,1-3H3,(H,20,24)(H,22,23). The van der Waals surface area contributed by atoms with E-state index in [4.69, 9.17) is 4.52 Å². The van der Waals surface area contributed by atoms with Crippen LogP contribution in [-0.4, -0.2) is 32.7 Å². The van der Waals surface area contributed by atoms with Gasteiger partial charge in [0.05, 0.1) is 28.6 Å². The fourth-order valence-corrected chi connectivity index (χ4v) is 3.58. The molecular weight excluding hydrogens is 322 g/mol. The Morgan fingerprint density at radius 1 is 1.36 bits per heavy atom. The Kier molecular flexibility index (Phi) is 4.49. The first-order valence-corrected chi connectivity index (χ1v) is 8.62. The summed E-state index contributed by atoms with van der Waals surface area (Å²) in [6.45, 7) is 5.74. The van der Waals surface area contributed by atoms with E-state index >= 15 is 0 Å². The summed E-state index contributed by atoms with van der Waals surface area (Å²) in [5.74, 6) is -1.06. The Bertz CT molecular complexity index is 819. The number of carboxylic acid groups (broad SMARTS) is 1. The van der Waals surface area contributed by atoms with Crippen molar-refractivity contribution >= 4 is 23.0 Å². The Morgan fingerprint density at radius 3 is 2.64 bits per heavy atom. The highest BCUT2D eigenvalue weighted by Crippen LogP contribution is 2.34. The first-order chi connectivity index (χ1) is 11.8. The molecule has 2 N–H and O–H groups in total. The number of nitrogens with one attached hydrogen (secondary N) is 1. The lowest BCUT2D eigenvalue weighted by Gasteiger charge is -2.29. The summed E-state index contributed by atoms with van der Waals surface area (Å²) in [5.41, 5.74) is 1.45. The van der Waals surface area contributed by atoms with E-state index in [9.17, 15) is 14.7 Å². The van der Waals surface area contributed by atoms with E-state index in [0.717, 1.165) is 18.5 Å². The summed E-state index contributed by atoms with van der Waals surface area (Å²) >= 11 is 0. The molecule has 1 aliphatic rings. The molecule has 0 radical (unpaired) electrons. The molecule has 7 nitrogen and oxygen atoms in total. The summed E-state index contributed by atoms with van der Waals surface area (Å²) < 4.78 is 5.25. The van der Waals surface area contributed by atoms with Crippen molar-refractivity contribution in [3.8, 4) is 0 Å². The topological polar surface area (TPSA) is 105 Å². The van der Waals surface area contributed by atoms with Crippen LogP contribution in [0.5, 0.6) is 0 Å². The number of carbonyl (C=O) groups excluding carboxylic acids is 1. The van der Waals surface area contributed by atoms with E-state index in [2.05, 4.69) is 15.5 Å². The van der Waals surface area contributed by atoms with E-state index < -0.39 is 11.5 Å². The van der Waals surface area contributed by atoms with Crippen LogP contribution in [-0.2, 0) is 4.79 Å². The van der Waals surface area contributed by atoms with Gasteiger partial charge in [0.1, 0.15) is 0 Å². The molecule has 1 aliphatic carbocycles. The summed E-state index contributed by atoms with van der Waals surface area (Å²) in [7, 11) is 0. The van der Waals surface area contributed by atoms with Gasteiger partial charge < -0.3 is 14.9 Å². The normalized spacial score (nSPS) is 16.5. The molecule has 0 saturated heterocycles. The van der Waals surface area contributed by atoms with E-state index in [1.807, 2.05) is 13.8 Å². The van der Waals surface area contributed by atoms with Crippen LogP contribution < -0.4 is 5.32 Å². The highest BCUT2D eigenvalue weighted by atomic mass is 16.5. The molecule has 0 atom stereocenters. The molecule has 1 amide bonds. The molecule has 7 heteroatoms. The van der Waals surface area contributed by atoms with Crippen molar-refractivity contribution in [1.82, 2.24) is 15.5 Å². The van der Waals surface area contributed by atoms with Crippen LogP contribution in [0.3, 0.4) is 0 Å². The third kappa shape index (κ3) is 3.36. The van der Waals surface area contributed by atoms with Crippen LogP contribution in [0.15, 0.2) is 10.6 Å². The average molecular weight is 345 g/mol. The maximum Gasteiger partial charge on any atom is 0.305 e. The molecule has 2 heterocycles. The molecule has 0 bridgehead atoms. The fourth-order valence-electron chi connectivity index (χ4n) is 3.58. The average Bonchev–Trinajstić information content (AvgIpc) is 3.13. The first-order valence-electron chi connectivity index (χ1n) is 8.62. The number of aryl methyl sites for hydroxylation is 1. The Morgan fingerprint density at radius 2 is 2.04 bits per heavy atom. The number of amides is 1. The minimum Gasteiger partial charge on any atom is -0.481 e. The zero-order valence-corrected chi connectivity index (χ0v) is 14.8. The summed E-state index contributed by atoms with van der Waals surface area (Å²) in [5, 5.41) is 16.7. The molecule has 0 unspecified atom stereocenters. The zero-order chi connectivity index (χ0) is 18.2. The van der Waals surface area contributed by atoms with Crippen molar-refractivity contribution in [2.24, 2.45) is 0 Å². The Labute approximate surface area is 145 Å². The highest BCUT2D eigenvalue weighted by Gasteiger charge is 2.38. The minimum atomic E-state index is -0.897. The van der Waals surface area contributed by atoms with E-state index in [1.54, 1.807) is 13.0 Å². The second kappa shape index (κ2) is 6.46. The van der Waals surface area contributed by atoms with E-state index in [1.165, 1.54) is 0 Å². The molecular formula is C18H23N3O4. The van der Waals surface area contributed by atoms with Gasteiger partial charge in [0, 0.05) is 5.69 Å². The van der Waals surface area contributed by atoms with Gasteiger partial charge in [-0.05, 0) is 31.7 Å².